The zero-order valence-corrected chi connectivity index (χ0v) is 22.5. The Morgan fingerprint density at radius 2 is 1.45 bits per heavy atom. The van der Waals surface area contributed by atoms with Crippen molar-refractivity contribution in [2.45, 2.75) is 90.6 Å². The molecule has 1 aliphatic rings. The third kappa shape index (κ3) is 11.6. The van der Waals surface area contributed by atoms with Crippen molar-refractivity contribution in [1.29, 1.82) is 0 Å². The number of carbonyl (C=O) groups excluding carboxylic acids is 4. The molecule has 11 nitrogen and oxygen atoms in total. The van der Waals surface area contributed by atoms with Crippen molar-refractivity contribution >= 4 is 23.8 Å². The number of unbranched alkanes of at least 4 members (excludes halogenated alkanes) is 3. The number of rotatable bonds is 15. The molecule has 0 aliphatic carbocycles. The fourth-order valence-electron chi connectivity index (χ4n) is 4.06. The fraction of sp³-hybridized carbons (Fsp3) is 0.630. The number of amides is 1. The third-order valence-electron chi connectivity index (χ3n) is 5.65. The van der Waals surface area contributed by atoms with Gasteiger partial charge in [0.25, 0.3) is 0 Å². The molecule has 0 bridgehead atoms. The number of carbonyl (C=O) groups is 4. The van der Waals surface area contributed by atoms with Crippen molar-refractivity contribution in [3.8, 4) is 0 Å². The summed E-state index contributed by atoms with van der Waals surface area (Å²) in [7, 11) is 0. The van der Waals surface area contributed by atoms with Gasteiger partial charge in [0.15, 0.2) is 18.5 Å². The largest absolute Gasteiger partial charge is 0.463 e. The van der Waals surface area contributed by atoms with Crippen LogP contribution in [0.1, 0.15) is 58.9 Å². The average molecular weight is 538 g/mol. The minimum atomic E-state index is -1.14. The lowest BCUT2D eigenvalue weighted by Crippen LogP contribution is -2.66. The van der Waals surface area contributed by atoms with Gasteiger partial charge in [0.2, 0.25) is 5.91 Å². The molecule has 2 rings (SSSR count). The van der Waals surface area contributed by atoms with E-state index in [9.17, 15) is 19.2 Å². The second-order valence-electron chi connectivity index (χ2n) is 9.04. The molecule has 212 valence electrons. The summed E-state index contributed by atoms with van der Waals surface area (Å²) in [5.41, 5.74) is 1.14. The van der Waals surface area contributed by atoms with Crippen LogP contribution in [0, 0.1) is 0 Å². The van der Waals surface area contributed by atoms with Crippen molar-refractivity contribution in [1.82, 2.24) is 5.32 Å². The lowest BCUT2D eigenvalue weighted by molar-refractivity contribution is -0.277. The topological polar surface area (TPSA) is 136 Å². The Morgan fingerprint density at radius 1 is 0.816 bits per heavy atom. The smallest absolute Gasteiger partial charge is 0.303 e. The van der Waals surface area contributed by atoms with Crippen LogP contribution in [0.25, 0.3) is 0 Å². The standard InChI is InChI=1S/C27H39NO10/c1-18(29)28-24-26(37-21(4)32)25(36-20(3)31)23(17-35-19(2)30)38-27(24)34-15-11-6-5-10-14-33-16-22-12-8-7-9-13-22/h7-9,12-13,23-27H,5-6,10-11,14-17H2,1-4H3,(H,28,29)/t23-,24-,25+,26-,27-/m1/s1. The zero-order valence-electron chi connectivity index (χ0n) is 22.5. The predicted octanol–water partition coefficient (Wildman–Crippen LogP) is 2.44. The molecule has 1 heterocycles. The highest BCUT2D eigenvalue weighted by Crippen LogP contribution is 2.28. The monoisotopic (exact) mass is 537 g/mol. The summed E-state index contributed by atoms with van der Waals surface area (Å²) in [5, 5.41) is 2.68. The van der Waals surface area contributed by atoms with E-state index in [0.29, 0.717) is 26.2 Å². The molecule has 1 fully saturated rings. The zero-order chi connectivity index (χ0) is 27.9. The molecule has 38 heavy (non-hydrogen) atoms. The average Bonchev–Trinajstić information content (AvgIpc) is 2.84. The molecule has 0 aromatic heterocycles. The number of benzene rings is 1. The lowest BCUT2D eigenvalue weighted by atomic mass is 9.96. The van der Waals surface area contributed by atoms with Crippen LogP contribution in [0.5, 0.6) is 0 Å². The van der Waals surface area contributed by atoms with Crippen LogP contribution in [0.2, 0.25) is 0 Å². The second-order valence-corrected chi connectivity index (χ2v) is 9.04. The lowest BCUT2D eigenvalue weighted by Gasteiger charge is -2.44. The van der Waals surface area contributed by atoms with E-state index in [2.05, 4.69) is 5.32 Å². The first-order valence-electron chi connectivity index (χ1n) is 12.8. The van der Waals surface area contributed by atoms with E-state index in [4.69, 9.17) is 28.4 Å². The van der Waals surface area contributed by atoms with E-state index in [1.165, 1.54) is 27.7 Å². The van der Waals surface area contributed by atoms with Crippen LogP contribution >= 0.6 is 0 Å². The van der Waals surface area contributed by atoms with Crippen LogP contribution in [0.3, 0.4) is 0 Å². The molecule has 0 radical (unpaired) electrons. The Balaban J connectivity index is 1.93. The minimum absolute atomic E-state index is 0.263. The second kappa shape index (κ2) is 16.7. The maximum absolute atomic E-state index is 12.0. The highest BCUT2D eigenvalue weighted by Gasteiger charge is 2.51. The summed E-state index contributed by atoms with van der Waals surface area (Å²) in [4.78, 5) is 47.0. The molecule has 1 amide bonds. The van der Waals surface area contributed by atoms with Crippen LogP contribution < -0.4 is 5.32 Å². The molecular weight excluding hydrogens is 498 g/mol. The van der Waals surface area contributed by atoms with Gasteiger partial charge in [0.1, 0.15) is 18.8 Å². The summed E-state index contributed by atoms with van der Waals surface area (Å²) >= 11 is 0. The van der Waals surface area contributed by atoms with E-state index < -0.39 is 54.5 Å². The quantitative estimate of drug-likeness (QED) is 0.202. The number of esters is 3. The van der Waals surface area contributed by atoms with Gasteiger partial charge in [-0.2, -0.15) is 0 Å². The highest BCUT2D eigenvalue weighted by molar-refractivity contribution is 5.73. The van der Waals surface area contributed by atoms with E-state index in [0.717, 1.165) is 24.8 Å². The van der Waals surface area contributed by atoms with E-state index in [1.54, 1.807) is 0 Å². The maximum atomic E-state index is 12.0. The Kier molecular flexibility index (Phi) is 13.7. The van der Waals surface area contributed by atoms with E-state index in [1.807, 2.05) is 30.3 Å². The van der Waals surface area contributed by atoms with Gasteiger partial charge in [0, 0.05) is 40.9 Å². The Hall–Kier alpha value is -3.02. The van der Waals surface area contributed by atoms with Crippen LogP contribution in [-0.2, 0) is 54.2 Å². The first-order valence-corrected chi connectivity index (χ1v) is 12.8. The molecule has 5 atom stereocenters. The van der Waals surface area contributed by atoms with Crippen LogP contribution in [-0.4, -0.2) is 74.3 Å². The molecule has 1 saturated heterocycles. The molecule has 0 saturated carbocycles. The normalized spacial score (nSPS) is 22.8. The van der Waals surface area contributed by atoms with Crippen LogP contribution in [0.4, 0.5) is 0 Å². The molecule has 1 aromatic rings. The van der Waals surface area contributed by atoms with E-state index >= 15 is 0 Å². The molecule has 0 unspecified atom stereocenters. The van der Waals surface area contributed by atoms with Crippen molar-refractivity contribution in [3.05, 3.63) is 35.9 Å². The van der Waals surface area contributed by atoms with Gasteiger partial charge in [-0.1, -0.05) is 43.2 Å². The summed E-state index contributed by atoms with van der Waals surface area (Å²) in [6.45, 7) is 6.20. The fourth-order valence-corrected chi connectivity index (χ4v) is 4.06. The molecule has 1 aliphatic heterocycles. The third-order valence-corrected chi connectivity index (χ3v) is 5.65. The van der Waals surface area contributed by atoms with Gasteiger partial charge in [-0.25, -0.2) is 0 Å². The Morgan fingerprint density at radius 3 is 2.05 bits per heavy atom. The predicted molar refractivity (Wildman–Crippen MR) is 135 cm³/mol. The Labute approximate surface area is 223 Å². The number of ether oxygens (including phenoxy) is 6. The van der Waals surface area contributed by atoms with Gasteiger partial charge in [0.05, 0.1) is 6.61 Å². The van der Waals surface area contributed by atoms with Gasteiger partial charge in [-0.05, 0) is 18.4 Å². The van der Waals surface area contributed by atoms with Crippen molar-refractivity contribution in [2.24, 2.45) is 0 Å². The summed E-state index contributed by atoms with van der Waals surface area (Å²) in [5.74, 6) is -2.28. The van der Waals surface area contributed by atoms with Gasteiger partial charge in [-0.15, -0.1) is 0 Å². The summed E-state index contributed by atoms with van der Waals surface area (Å²) < 4.78 is 33.5. The molecule has 11 heteroatoms. The summed E-state index contributed by atoms with van der Waals surface area (Å²) in [6, 6.07) is 9.02. The molecule has 1 aromatic carbocycles. The van der Waals surface area contributed by atoms with Crippen molar-refractivity contribution in [3.63, 3.8) is 0 Å². The Bertz CT molecular complexity index is 893. The highest BCUT2D eigenvalue weighted by atomic mass is 16.7. The first-order chi connectivity index (χ1) is 18.2. The van der Waals surface area contributed by atoms with Crippen molar-refractivity contribution in [2.75, 3.05) is 19.8 Å². The molecule has 1 N–H and O–H groups in total. The number of hydrogen-bond acceptors (Lipinski definition) is 10. The SMILES string of the molecule is CC(=O)N[C@H]1[C@H](OCCCCCCOCc2ccccc2)O[C@H](COC(C)=O)[C@H](OC(C)=O)[C@@H]1OC(C)=O. The summed E-state index contributed by atoms with van der Waals surface area (Å²) in [6.07, 6.45) is -0.834. The number of nitrogens with one attached hydrogen (secondary N) is 1. The van der Waals surface area contributed by atoms with Gasteiger partial charge >= 0.3 is 17.9 Å². The van der Waals surface area contributed by atoms with Crippen LogP contribution in [0.15, 0.2) is 30.3 Å². The number of hydrogen-bond donors (Lipinski definition) is 1. The minimum Gasteiger partial charge on any atom is -0.463 e. The van der Waals surface area contributed by atoms with Crippen molar-refractivity contribution < 1.29 is 47.6 Å². The van der Waals surface area contributed by atoms with Gasteiger partial charge in [-0.3, -0.25) is 19.2 Å². The van der Waals surface area contributed by atoms with E-state index in [-0.39, 0.29) is 6.61 Å². The molecule has 0 spiro atoms. The maximum Gasteiger partial charge on any atom is 0.303 e. The molecular formula is C27H39NO10. The first kappa shape index (κ1) is 31.2. The van der Waals surface area contributed by atoms with Gasteiger partial charge < -0.3 is 33.7 Å².